The maximum atomic E-state index is 13.7. The first-order valence-corrected chi connectivity index (χ1v) is 9.61. The van der Waals surface area contributed by atoms with E-state index in [9.17, 15) is 14.0 Å². The number of nitrogens with two attached hydrogens (primary N) is 1. The van der Waals surface area contributed by atoms with Crippen LogP contribution in [-0.4, -0.2) is 35.5 Å². The van der Waals surface area contributed by atoms with E-state index in [2.05, 4.69) is 0 Å². The number of hydrogen-bond donors (Lipinski definition) is 1. The van der Waals surface area contributed by atoms with Crippen molar-refractivity contribution in [2.24, 2.45) is 11.7 Å². The molecule has 2 unspecified atom stereocenters. The zero-order chi connectivity index (χ0) is 20.2. The second-order valence-corrected chi connectivity index (χ2v) is 8.40. The summed E-state index contributed by atoms with van der Waals surface area (Å²) in [5.41, 5.74) is 5.23. The van der Waals surface area contributed by atoms with Gasteiger partial charge in [0.2, 0.25) is 0 Å². The molecule has 150 valence electrons. The largest absolute Gasteiger partial charge is 0.444 e. The van der Waals surface area contributed by atoms with Gasteiger partial charge in [0.25, 0.3) is 0 Å². The van der Waals surface area contributed by atoms with Gasteiger partial charge in [-0.15, -0.1) is 0 Å². The van der Waals surface area contributed by atoms with Gasteiger partial charge in [0.1, 0.15) is 17.0 Å². The lowest BCUT2D eigenvalue weighted by atomic mass is 9.76. The van der Waals surface area contributed by atoms with Crippen molar-refractivity contribution in [2.75, 3.05) is 13.1 Å². The Labute approximate surface area is 161 Å². The maximum absolute atomic E-state index is 13.7. The third-order valence-electron chi connectivity index (χ3n) is 4.94. The number of ether oxygens (including phenoxy) is 1. The molecule has 1 aliphatic heterocycles. The van der Waals surface area contributed by atoms with Gasteiger partial charge < -0.3 is 15.4 Å². The highest BCUT2D eigenvalue weighted by Gasteiger charge is 2.39. The van der Waals surface area contributed by atoms with Crippen LogP contribution in [0.1, 0.15) is 58.9 Å². The van der Waals surface area contributed by atoms with Crippen LogP contribution in [0.4, 0.5) is 9.18 Å². The van der Waals surface area contributed by atoms with E-state index in [0.29, 0.717) is 25.1 Å². The van der Waals surface area contributed by atoms with E-state index in [1.165, 1.54) is 12.1 Å². The molecule has 0 spiro atoms. The second-order valence-electron chi connectivity index (χ2n) is 8.40. The summed E-state index contributed by atoms with van der Waals surface area (Å²) in [6.45, 7) is 8.38. The van der Waals surface area contributed by atoms with Crippen molar-refractivity contribution in [1.29, 1.82) is 0 Å². The van der Waals surface area contributed by atoms with Gasteiger partial charge in [0, 0.05) is 19.5 Å². The molecule has 27 heavy (non-hydrogen) atoms. The molecule has 1 aromatic rings. The molecule has 1 aliphatic rings. The third-order valence-corrected chi connectivity index (χ3v) is 4.94. The molecule has 0 radical (unpaired) electrons. The molecule has 1 heterocycles. The van der Waals surface area contributed by atoms with Crippen molar-refractivity contribution in [3.8, 4) is 0 Å². The minimum absolute atomic E-state index is 0.0510. The molecule has 2 N–H and O–H groups in total. The minimum atomic E-state index is -1.25. The summed E-state index contributed by atoms with van der Waals surface area (Å²) in [5.74, 6) is -0.484. The summed E-state index contributed by atoms with van der Waals surface area (Å²) < 4.78 is 19.2. The molecule has 0 aromatic heterocycles. The summed E-state index contributed by atoms with van der Waals surface area (Å²) >= 11 is 0. The van der Waals surface area contributed by atoms with Crippen molar-refractivity contribution in [3.05, 3.63) is 35.6 Å². The summed E-state index contributed by atoms with van der Waals surface area (Å²) in [7, 11) is 0. The predicted molar refractivity (Wildman–Crippen MR) is 103 cm³/mol. The van der Waals surface area contributed by atoms with E-state index >= 15 is 0 Å². The van der Waals surface area contributed by atoms with Gasteiger partial charge in [-0.1, -0.05) is 19.1 Å². The van der Waals surface area contributed by atoms with Crippen LogP contribution < -0.4 is 5.73 Å². The SMILES string of the molecule is CCC(=O)C(N)(CC1CCCN(C(=O)OC(C)(C)C)C1)c1cccc(F)c1. The van der Waals surface area contributed by atoms with Gasteiger partial charge in [0.15, 0.2) is 5.78 Å². The first-order valence-electron chi connectivity index (χ1n) is 9.61. The normalized spacial score (nSPS) is 20.1. The fourth-order valence-corrected chi connectivity index (χ4v) is 3.65. The zero-order valence-corrected chi connectivity index (χ0v) is 16.8. The molecule has 0 bridgehead atoms. The van der Waals surface area contributed by atoms with Crippen molar-refractivity contribution >= 4 is 11.9 Å². The van der Waals surface area contributed by atoms with Gasteiger partial charge >= 0.3 is 6.09 Å². The molecular weight excluding hydrogens is 347 g/mol. The van der Waals surface area contributed by atoms with E-state index in [-0.39, 0.29) is 24.2 Å². The fourth-order valence-electron chi connectivity index (χ4n) is 3.65. The minimum Gasteiger partial charge on any atom is -0.444 e. The molecule has 0 saturated carbocycles. The van der Waals surface area contributed by atoms with Gasteiger partial charge in [-0.2, -0.15) is 0 Å². The Balaban J connectivity index is 2.17. The van der Waals surface area contributed by atoms with Crippen molar-refractivity contribution in [3.63, 3.8) is 0 Å². The topological polar surface area (TPSA) is 72.6 Å². The number of carbonyl (C=O) groups excluding carboxylic acids is 2. The average molecular weight is 378 g/mol. The van der Waals surface area contributed by atoms with E-state index < -0.39 is 17.0 Å². The van der Waals surface area contributed by atoms with Crippen molar-refractivity contribution < 1.29 is 18.7 Å². The van der Waals surface area contributed by atoms with Crippen LogP contribution in [0.2, 0.25) is 0 Å². The second kappa shape index (κ2) is 8.38. The summed E-state index contributed by atoms with van der Waals surface area (Å²) in [5, 5.41) is 0. The quantitative estimate of drug-likeness (QED) is 0.841. The molecular formula is C21H31FN2O3. The number of carbonyl (C=O) groups is 2. The molecule has 5 nitrogen and oxygen atoms in total. The molecule has 1 amide bonds. The van der Waals surface area contributed by atoms with Crippen LogP contribution in [0, 0.1) is 11.7 Å². The Morgan fingerprint density at radius 3 is 2.63 bits per heavy atom. The first-order chi connectivity index (χ1) is 12.5. The molecule has 0 aliphatic carbocycles. The van der Waals surface area contributed by atoms with Gasteiger partial charge in [-0.3, -0.25) is 4.79 Å². The van der Waals surface area contributed by atoms with Gasteiger partial charge in [0.05, 0.1) is 0 Å². The number of benzene rings is 1. The van der Waals surface area contributed by atoms with Crippen LogP contribution in [0.5, 0.6) is 0 Å². The molecule has 1 aromatic carbocycles. The number of ketones is 1. The van der Waals surface area contributed by atoms with Gasteiger partial charge in [-0.25, -0.2) is 9.18 Å². The van der Waals surface area contributed by atoms with E-state index in [1.807, 2.05) is 20.8 Å². The standard InChI is InChI=1S/C21H31FN2O3/c1-5-18(25)21(23,16-9-6-10-17(22)12-16)13-15-8-7-11-24(14-15)19(26)27-20(2,3)4/h6,9-10,12,15H,5,7-8,11,13-14,23H2,1-4H3. The summed E-state index contributed by atoms with van der Waals surface area (Å²) in [6, 6.07) is 5.95. The number of likely N-dealkylation sites (tertiary alicyclic amines) is 1. The molecule has 2 rings (SSSR count). The molecule has 6 heteroatoms. The van der Waals surface area contributed by atoms with Crippen molar-refractivity contribution in [1.82, 2.24) is 4.90 Å². The number of Topliss-reactive ketones (excluding diaryl/α,β-unsaturated/α-hetero) is 1. The first kappa shape index (κ1) is 21.4. The highest BCUT2D eigenvalue weighted by Crippen LogP contribution is 2.33. The Hall–Kier alpha value is -1.95. The number of amides is 1. The Morgan fingerprint density at radius 1 is 1.33 bits per heavy atom. The van der Waals surface area contributed by atoms with Crippen LogP contribution in [0.25, 0.3) is 0 Å². The maximum Gasteiger partial charge on any atom is 0.410 e. The summed E-state index contributed by atoms with van der Waals surface area (Å²) in [4.78, 5) is 26.7. The van der Waals surface area contributed by atoms with E-state index in [4.69, 9.17) is 10.5 Å². The number of halogens is 1. The lowest BCUT2D eigenvalue weighted by Crippen LogP contribution is -2.50. The molecule has 2 atom stereocenters. The average Bonchev–Trinajstić information content (AvgIpc) is 2.59. The fraction of sp³-hybridized carbons (Fsp3) is 0.619. The zero-order valence-electron chi connectivity index (χ0n) is 16.8. The van der Waals surface area contributed by atoms with Crippen LogP contribution in [-0.2, 0) is 15.1 Å². The van der Waals surface area contributed by atoms with Crippen LogP contribution in [0.15, 0.2) is 24.3 Å². The van der Waals surface area contributed by atoms with Gasteiger partial charge in [-0.05, 0) is 63.6 Å². The number of nitrogens with zero attached hydrogens (tertiary/aromatic N) is 1. The smallest absolute Gasteiger partial charge is 0.410 e. The highest BCUT2D eigenvalue weighted by atomic mass is 19.1. The predicted octanol–water partition coefficient (Wildman–Crippen LogP) is 4.00. The van der Waals surface area contributed by atoms with E-state index in [1.54, 1.807) is 24.0 Å². The Kier molecular flexibility index (Phi) is 6.63. The number of hydrogen-bond acceptors (Lipinski definition) is 4. The number of piperidine rings is 1. The number of rotatable bonds is 5. The molecule has 1 fully saturated rings. The lowest BCUT2D eigenvalue weighted by molar-refractivity contribution is -0.125. The molecule has 1 saturated heterocycles. The van der Waals surface area contributed by atoms with Crippen LogP contribution >= 0.6 is 0 Å². The van der Waals surface area contributed by atoms with Crippen LogP contribution in [0.3, 0.4) is 0 Å². The summed E-state index contributed by atoms with van der Waals surface area (Å²) in [6.07, 6.45) is 1.99. The van der Waals surface area contributed by atoms with Crippen molar-refractivity contribution in [2.45, 2.75) is 64.5 Å². The highest BCUT2D eigenvalue weighted by molar-refractivity contribution is 5.89. The Morgan fingerprint density at radius 2 is 2.04 bits per heavy atom. The lowest BCUT2D eigenvalue weighted by Gasteiger charge is -2.38. The monoisotopic (exact) mass is 378 g/mol. The third kappa shape index (κ3) is 5.51. The van der Waals surface area contributed by atoms with E-state index in [0.717, 1.165) is 12.8 Å². The Bertz CT molecular complexity index is 686.